The van der Waals surface area contributed by atoms with Gasteiger partial charge in [0.15, 0.2) is 0 Å². The van der Waals surface area contributed by atoms with Crippen LogP contribution in [0.3, 0.4) is 0 Å². The van der Waals surface area contributed by atoms with Gasteiger partial charge in [-0.15, -0.1) is 0 Å². The van der Waals surface area contributed by atoms with Gasteiger partial charge in [-0.3, -0.25) is 9.48 Å². The molecule has 4 aromatic rings. The molecule has 2 aromatic carbocycles. The third-order valence-corrected chi connectivity index (χ3v) is 7.31. The molecule has 0 saturated heterocycles. The fraction of sp³-hybridized carbons (Fsp3) is 0.393. The largest absolute Gasteiger partial charge is 0.362 e. The Hall–Kier alpha value is -3.65. The summed E-state index contributed by atoms with van der Waals surface area (Å²) in [4.78, 5) is 24.8. The summed E-state index contributed by atoms with van der Waals surface area (Å²) in [6.07, 6.45) is 4.16. The lowest BCUT2D eigenvalue weighted by molar-refractivity contribution is 0.351. The van der Waals surface area contributed by atoms with E-state index in [9.17, 15) is 4.79 Å². The van der Waals surface area contributed by atoms with E-state index >= 15 is 0 Å². The number of nitrogens with one attached hydrogen (secondary N) is 2. The minimum atomic E-state index is 0.0502. The molecule has 1 fully saturated rings. The number of nitrogens with zero attached hydrogens (tertiary/aromatic N) is 5. The Kier molecular flexibility index (Phi) is 6.78. The molecule has 1 aliphatic rings. The lowest BCUT2D eigenvalue weighted by atomic mass is 9.91. The fourth-order valence-electron chi connectivity index (χ4n) is 5.16. The smallest absolute Gasteiger partial charge is 0.276 e. The van der Waals surface area contributed by atoms with E-state index in [0.717, 1.165) is 59.3 Å². The molecule has 5 rings (SSSR count). The molecule has 8 heteroatoms. The van der Waals surface area contributed by atoms with Crippen LogP contribution in [0.4, 0.5) is 11.8 Å². The van der Waals surface area contributed by atoms with Gasteiger partial charge in [0.05, 0.1) is 16.8 Å². The fourth-order valence-corrected chi connectivity index (χ4v) is 5.16. The molecule has 1 aliphatic carbocycles. The highest BCUT2D eigenvalue weighted by Gasteiger charge is 2.23. The van der Waals surface area contributed by atoms with Crippen molar-refractivity contribution in [3.05, 3.63) is 76.2 Å². The van der Waals surface area contributed by atoms with Crippen molar-refractivity contribution in [3.63, 3.8) is 0 Å². The zero-order valence-corrected chi connectivity index (χ0v) is 21.5. The standard InChI is InChI=1S/C28H35N7O/c1-19-24(27(36)35(34(19)4)22-10-6-5-7-11-22)18-29-20-14-16-21(17-15-20)30-28-31-25-13-9-8-12-23(25)26(32-28)33(2)3/h5-13,20-21,29H,14-18H2,1-4H3,(H,30,31,32). The summed E-state index contributed by atoms with van der Waals surface area (Å²) < 4.78 is 3.69. The van der Waals surface area contributed by atoms with Crippen LogP contribution in [-0.4, -0.2) is 45.5 Å². The Labute approximate surface area is 212 Å². The van der Waals surface area contributed by atoms with Crippen molar-refractivity contribution >= 4 is 22.7 Å². The monoisotopic (exact) mass is 485 g/mol. The van der Waals surface area contributed by atoms with Crippen molar-refractivity contribution in [1.82, 2.24) is 24.6 Å². The van der Waals surface area contributed by atoms with Gasteiger partial charge in [-0.25, -0.2) is 9.67 Å². The highest BCUT2D eigenvalue weighted by molar-refractivity contribution is 5.90. The molecule has 2 N–H and O–H groups in total. The Bertz CT molecular complexity index is 1400. The first kappa shape index (κ1) is 24.1. The van der Waals surface area contributed by atoms with Gasteiger partial charge in [0.2, 0.25) is 5.95 Å². The van der Waals surface area contributed by atoms with Crippen molar-refractivity contribution in [2.45, 2.75) is 51.2 Å². The predicted octanol–water partition coefficient (Wildman–Crippen LogP) is 4.01. The highest BCUT2D eigenvalue weighted by Crippen LogP contribution is 2.26. The second-order valence-electron chi connectivity index (χ2n) is 9.90. The van der Waals surface area contributed by atoms with E-state index in [1.54, 1.807) is 4.68 Å². The third-order valence-electron chi connectivity index (χ3n) is 7.31. The summed E-state index contributed by atoms with van der Waals surface area (Å²) in [5.41, 5.74) is 3.72. The highest BCUT2D eigenvalue weighted by atomic mass is 16.1. The quantitative estimate of drug-likeness (QED) is 0.412. The molecule has 1 saturated carbocycles. The maximum Gasteiger partial charge on any atom is 0.276 e. The second-order valence-corrected chi connectivity index (χ2v) is 9.90. The van der Waals surface area contributed by atoms with Crippen LogP contribution in [0, 0.1) is 6.92 Å². The van der Waals surface area contributed by atoms with E-state index in [0.29, 0.717) is 24.6 Å². The first-order chi connectivity index (χ1) is 17.4. The second kappa shape index (κ2) is 10.1. The number of para-hydroxylation sites is 2. The van der Waals surface area contributed by atoms with Crippen LogP contribution in [0.15, 0.2) is 59.4 Å². The number of hydrogen-bond acceptors (Lipinski definition) is 6. The summed E-state index contributed by atoms with van der Waals surface area (Å²) in [6.45, 7) is 2.60. The Morgan fingerprint density at radius 3 is 2.33 bits per heavy atom. The van der Waals surface area contributed by atoms with Gasteiger partial charge < -0.3 is 15.5 Å². The number of anilines is 2. The van der Waals surface area contributed by atoms with Crippen LogP contribution in [0.2, 0.25) is 0 Å². The summed E-state index contributed by atoms with van der Waals surface area (Å²) in [7, 11) is 5.97. The molecule has 0 bridgehead atoms. The van der Waals surface area contributed by atoms with Gasteiger partial charge in [0.1, 0.15) is 5.82 Å². The Morgan fingerprint density at radius 1 is 0.944 bits per heavy atom. The lowest BCUT2D eigenvalue weighted by Crippen LogP contribution is -2.37. The first-order valence-electron chi connectivity index (χ1n) is 12.7. The van der Waals surface area contributed by atoms with Crippen LogP contribution in [0.1, 0.15) is 36.9 Å². The van der Waals surface area contributed by atoms with Crippen LogP contribution in [-0.2, 0) is 13.6 Å². The SMILES string of the molecule is Cc1c(CNC2CCC(Nc3nc(N(C)C)c4ccccc4n3)CC2)c(=O)n(-c2ccccc2)n1C. The molecule has 0 amide bonds. The number of rotatable bonds is 7. The van der Waals surface area contributed by atoms with Gasteiger partial charge >= 0.3 is 0 Å². The number of benzene rings is 2. The molecule has 0 aliphatic heterocycles. The van der Waals surface area contributed by atoms with Crippen LogP contribution in [0.5, 0.6) is 0 Å². The van der Waals surface area contributed by atoms with Gasteiger partial charge in [0, 0.05) is 50.9 Å². The molecule has 188 valence electrons. The molecular weight excluding hydrogens is 450 g/mol. The number of aromatic nitrogens is 4. The summed E-state index contributed by atoms with van der Waals surface area (Å²) in [6, 6.07) is 18.7. The average Bonchev–Trinajstić information content (AvgIpc) is 3.10. The topological polar surface area (TPSA) is 80.0 Å². The van der Waals surface area contributed by atoms with Crippen molar-refractivity contribution in [2.24, 2.45) is 7.05 Å². The maximum absolute atomic E-state index is 13.2. The van der Waals surface area contributed by atoms with E-state index < -0.39 is 0 Å². The zero-order chi connectivity index (χ0) is 25.2. The third kappa shape index (κ3) is 4.73. The molecular formula is C28H35N7O. The Balaban J connectivity index is 1.21. The van der Waals surface area contributed by atoms with E-state index in [4.69, 9.17) is 9.97 Å². The van der Waals surface area contributed by atoms with Crippen molar-refractivity contribution in [2.75, 3.05) is 24.3 Å². The number of fused-ring (bicyclic) bond motifs is 1. The van der Waals surface area contributed by atoms with Gasteiger partial charge in [-0.05, 0) is 56.9 Å². The summed E-state index contributed by atoms with van der Waals surface area (Å²) in [5, 5.41) is 8.29. The zero-order valence-electron chi connectivity index (χ0n) is 21.5. The van der Waals surface area contributed by atoms with Crippen molar-refractivity contribution in [1.29, 1.82) is 0 Å². The van der Waals surface area contributed by atoms with E-state index in [-0.39, 0.29) is 5.56 Å². The molecule has 0 spiro atoms. The summed E-state index contributed by atoms with van der Waals surface area (Å²) in [5.74, 6) is 1.62. The molecule has 0 unspecified atom stereocenters. The number of hydrogen-bond donors (Lipinski definition) is 2. The first-order valence-corrected chi connectivity index (χ1v) is 12.7. The molecule has 2 aromatic heterocycles. The normalized spacial score (nSPS) is 17.9. The minimum absolute atomic E-state index is 0.0502. The molecule has 36 heavy (non-hydrogen) atoms. The van der Waals surface area contributed by atoms with Gasteiger partial charge in [-0.2, -0.15) is 4.98 Å². The van der Waals surface area contributed by atoms with E-state index in [2.05, 4.69) is 16.7 Å². The minimum Gasteiger partial charge on any atom is -0.362 e. The predicted molar refractivity (Wildman–Crippen MR) is 146 cm³/mol. The molecule has 8 nitrogen and oxygen atoms in total. The van der Waals surface area contributed by atoms with E-state index in [1.165, 1.54) is 0 Å². The molecule has 0 radical (unpaired) electrons. The van der Waals surface area contributed by atoms with Crippen molar-refractivity contribution < 1.29 is 0 Å². The molecule has 0 atom stereocenters. The van der Waals surface area contributed by atoms with Crippen LogP contribution >= 0.6 is 0 Å². The summed E-state index contributed by atoms with van der Waals surface area (Å²) >= 11 is 0. The lowest BCUT2D eigenvalue weighted by Gasteiger charge is -2.30. The average molecular weight is 486 g/mol. The molecule has 2 heterocycles. The van der Waals surface area contributed by atoms with Crippen LogP contribution < -0.4 is 21.1 Å². The van der Waals surface area contributed by atoms with E-state index in [1.807, 2.05) is 86.2 Å². The van der Waals surface area contributed by atoms with Gasteiger partial charge in [0.25, 0.3) is 5.56 Å². The Morgan fingerprint density at radius 2 is 1.61 bits per heavy atom. The van der Waals surface area contributed by atoms with Crippen LogP contribution in [0.25, 0.3) is 16.6 Å². The van der Waals surface area contributed by atoms with Gasteiger partial charge in [-0.1, -0.05) is 30.3 Å². The van der Waals surface area contributed by atoms with Crippen molar-refractivity contribution in [3.8, 4) is 5.69 Å². The maximum atomic E-state index is 13.2.